The molecular weight excluding hydrogens is 559 g/mol. The number of carbonyl (C=O) groups excluding carboxylic acids is 2. The van der Waals surface area contributed by atoms with E-state index in [1.54, 1.807) is 28.8 Å². The van der Waals surface area contributed by atoms with E-state index in [1.165, 1.54) is 26.4 Å². The lowest BCUT2D eigenvalue weighted by Crippen LogP contribution is -2.27. The Morgan fingerprint density at radius 1 is 0.976 bits per heavy atom. The molecular formula is C28H26F3N5O4S. The first-order valence-corrected chi connectivity index (χ1v) is 13.2. The van der Waals surface area contributed by atoms with E-state index in [9.17, 15) is 22.8 Å². The Kier molecular flexibility index (Phi) is 9.17. The van der Waals surface area contributed by atoms with Gasteiger partial charge in [-0.1, -0.05) is 36.0 Å². The molecule has 2 N–H and O–H groups in total. The van der Waals surface area contributed by atoms with Crippen LogP contribution >= 0.6 is 11.8 Å². The summed E-state index contributed by atoms with van der Waals surface area (Å²) in [5.41, 5.74) is 0.508. The number of alkyl halides is 3. The van der Waals surface area contributed by atoms with Gasteiger partial charge in [-0.25, -0.2) is 0 Å². The molecule has 3 aromatic carbocycles. The van der Waals surface area contributed by atoms with E-state index in [2.05, 4.69) is 20.8 Å². The smallest absolute Gasteiger partial charge is 0.417 e. The van der Waals surface area contributed by atoms with Crippen molar-refractivity contribution in [2.45, 2.75) is 24.8 Å². The molecule has 0 saturated heterocycles. The number of aryl methyl sites for hydroxylation is 1. The van der Waals surface area contributed by atoms with E-state index < -0.39 is 23.2 Å². The molecule has 0 aliphatic carbocycles. The Bertz CT molecular complexity index is 1560. The monoisotopic (exact) mass is 585 g/mol. The molecule has 0 spiro atoms. The predicted octanol–water partition coefficient (Wildman–Crippen LogP) is 5.27. The van der Waals surface area contributed by atoms with Crippen LogP contribution < -0.4 is 20.1 Å². The highest BCUT2D eigenvalue weighted by atomic mass is 32.2. The van der Waals surface area contributed by atoms with Crippen LogP contribution in [0.3, 0.4) is 0 Å². The normalized spacial score (nSPS) is 11.2. The molecule has 214 valence electrons. The van der Waals surface area contributed by atoms with Gasteiger partial charge in [0.05, 0.1) is 43.3 Å². The molecule has 0 unspecified atom stereocenters. The Hall–Kier alpha value is -4.52. The third-order valence-electron chi connectivity index (χ3n) is 5.85. The summed E-state index contributed by atoms with van der Waals surface area (Å²) >= 11 is 1.08. The molecule has 4 aromatic rings. The molecule has 0 saturated carbocycles. The molecule has 4 rings (SSSR count). The van der Waals surface area contributed by atoms with Crippen molar-refractivity contribution in [3.8, 4) is 17.2 Å². The van der Waals surface area contributed by atoms with Crippen LogP contribution in [0, 0.1) is 6.92 Å². The number of nitrogens with zero attached hydrogens (tertiary/aromatic N) is 3. The van der Waals surface area contributed by atoms with Crippen LogP contribution in [-0.4, -0.2) is 46.6 Å². The second kappa shape index (κ2) is 12.8. The highest BCUT2D eigenvalue weighted by molar-refractivity contribution is 7.99. The van der Waals surface area contributed by atoms with E-state index in [4.69, 9.17) is 9.47 Å². The van der Waals surface area contributed by atoms with E-state index >= 15 is 0 Å². The molecule has 0 fully saturated rings. The van der Waals surface area contributed by atoms with E-state index in [1.807, 2.05) is 25.1 Å². The van der Waals surface area contributed by atoms with Crippen molar-refractivity contribution in [3.63, 3.8) is 0 Å². The van der Waals surface area contributed by atoms with Crippen molar-refractivity contribution in [3.05, 3.63) is 89.2 Å². The summed E-state index contributed by atoms with van der Waals surface area (Å²) in [6, 6.07) is 16.9. The van der Waals surface area contributed by atoms with E-state index in [-0.39, 0.29) is 29.2 Å². The highest BCUT2D eigenvalue weighted by Gasteiger charge is 2.35. The van der Waals surface area contributed by atoms with Gasteiger partial charge in [0.25, 0.3) is 5.91 Å². The minimum Gasteiger partial charge on any atom is -0.497 e. The third kappa shape index (κ3) is 7.17. The van der Waals surface area contributed by atoms with Crippen LogP contribution in [0.2, 0.25) is 0 Å². The van der Waals surface area contributed by atoms with Crippen molar-refractivity contribution in [1.82, 2.24) is 20.1 Å². The van der Waals surface area contributed by atoms with E-state index in [0.29, 0.717) is 22.9 Å². The maximum absolute atomic E-state index is 13.5. The Labute approximate surface area is 238 Å². The maximum atomic E-state index is 13.5. The first-order valence-electron chi connectivity index (χ1n) is 12.2. The number of aromatic nitrogens is 3. The summed E-state index contributed by atoms with van der Waals surface area (Å²) in [5.74, 6) is -0.161. The Morgan fingerprint density at radius 2 is 1.76 bits per heavy atom. The third-order valence-corrected chi connectivity index (χ3v) is 6.77. The van der Waals surface area contributed by atoms with Gasteiger partial charge in [0.2, 0.25) is 5.91 Å². The van der Waals surface area contributed by atoms with Crippen molar-refractivity contribution in [1.29, 1.82) is 0 Å². The molecule has 1 aromatic heterocycles. The summed E-state index contributed by atoms with van der Waals surface area (Å²) < 4.78 is 52.8. The SMILES string of the molecule is COc1ccc(OC)c(-n2c(CNC(=O)c3ccccc3C(F)(F)F)nnc2SCC(=O)Nc2cccc(C)c2)c1. The lowest BCUT2D eigenvalue weighted by Gasteiger charge is -2.16. The van der Waals surface area contributed by atoms with Crippen LogP contribution in [0.15, 0.2) is 71.9 Å². The van der Waals surface area contributed by atoms with E-state index in [0.717, 1.165) is 29.5 Å². The van der Waals surface area contributed by atoms with Gasteiger partial charge < -0.3 is 20.1 Å². The molecule has 13 heteroatoms. The summed E-state index contributed by atoms with van der Waals surface area (Å²) in [7, 11) is 2.95. The zero-order chi connectivity index (χ0) is 29.6. The summed E-state index contributed by atoms with van der Waals surface area (Å²) in [4.78, 5) is 25.5. The number of benzene rings is 3. The van der Waals surface area contributed by atoms with Gasteiger partial charge in [-0.3, -0.25) is 14.2 Å². The fourth-order valence-corrected chi connectivity index (χ4v) is 4.72. The van der Waals surface area contributed by atoms with Gasteiger partial charge in [0, 0.05) is 11.8 Å². The molecule has 0 aliphatic rings. The number of halogens is 3. The summed E-state index contributed by atoms with van der Waals surface area (Å²) in [5, 5.41) is 14.0. The number of hydrogen-bond donors (Lipinski definition) is 2. The van der Waals surface area contributed by atoms with Crippen LogP contribution in [0.5, 0.6) is 11.5 Å². The topological polar surface area (TPSA) is 107 Å². The molecule has 9 nitrogen and oxygen atoms in total. The number of rotatable bonds is 10. The first-order chi connectivity index (χ1) is 19.6. The maximum Gasteiger partial charge on any atom is 0.417 e. The second-order valence-electron chi connectivity index (χ2n) is 8.70. The second-order valence-corrected chi connectivity index (χ2v) is 9.65. The summed E-state index contributed by atoms with van der Waals surface area (Å²) in [6.45, 7) is 1.64. The largest absolute Gasteiger partial charge is 0.497 e. The molecule has 41 heavy (non-hydrogen) atoms. The molecule has 1 heterocycles. The van der Waals surface area contributed by atoms with Gasteiger partial charge in [-0.05, 0) is 48.9 Å². The standard InChI is InChI=1S/C28H26F3N5O4S/c1-17-7-6-8-18(13-17)33-25(37)16-41-27-35-34-24(36(27)22-14-19(39-2)11-12-23(22)40-3)15-32-26(38)20-9-4-5-10-21(20)28(29,30)31/h4-14H,15-16H2,1-3H3,(H,32,38)(H,33,37). The fraction of sp³-hybridized carbons (Fsp3) is 0.214. The van der Waals surface area contributed by atoms with Crippen LogP contribution in [-0.2, 0) is 17.5 Å². The summed E-state index contributed by atoms with van der Waals surface area (Å²) in [6.07, 6.45) is -4.70. The van der Waals surface area contributed by atoms with Crippen LogP contribution in [0.25, 0.3) is 5.69 Å². The quantitative estimate of drug-likeness (QED) is 0.244. The molecule has 0 aliphatic heterocycles. The molecule has 0 radical (unpaired) electrons. The van der Waals surface area contributed by atoms with Crippen molar-refractivity contribution in [2.75, 3.05) is 25.3 Å². The lowest BCUT2D eigenvalue weighted by atomic mass is 10.1. The number of amides is 2. The van der Waals surface area contributed by atoms with Crippen LogP contribution in [0.4, 0.5) is 18.9 Å². The van der Waals surface area contributed by atoms with Gasteiger partial charge >= 0.3 is 6.18 Å². The lowest BCUT2D eigenvalue weighted by molar-refractivity contribution is -0.138. The number of hydrogen-bond acceptors (Lipinski definition) is 7. The molecule has 0 atom stereocenters. The van der Waals surface area contributed by atoms with Gasteiger partial charge in [0.1, 0.15) is 11.5 Å². The molecule has 0 bridgehead atoms. The Balaban J connectivity index is 1.62. The van der Waals surface area contributed by atoms with Crippen molar-refractivity contribution < 1.29 is 32.2 Å². The van der Waals surface area contributed by atoms with Crippen LogP contribution in [0.1, 0.15) is 27.3 Å². The number of methoxy groups -OCH3 is 2. The van der Waals surface area contributed by atoms with Crippen molar-refractivity contribution in [2.24, 2.45) is 0 Å². The highest BCUT2D eigenvalue weighted by Crippen LogP contribution is 2.33. The average molecular weight is 586 g/mol. The predicted molar refractivity (Wildman–Crippen MR) is 148 cm³/mol. The minimum absolute atomic E-state index is 0.0241. The first kappa shape index (κ1) is 29.5. The Morgan fingerprint density at radius 3 is 2.46 bits per heavy atom. The van der Waals surface area contributed by atoms with Gasteiger partial charge in [0.15, 0.2) is 11.0 Å². The number of nitrogens with one attached hydrogen (secondary N) is 2. The zero-order valence-corrected chi connectivity index (χ0v) is 23.1. The number of thioether (sulfide) groups is 1. The zero-order valence-electron chi connectivity index (χ0n) is 22.3. The molecule has 2 amide bonds. The fourth-order valence-electron chi connectivity index (χ4n) is 3.95. The number of ether oxygens (including phenoxy) is 2. The average Bonchev–Trinajstić information content (AvgIpc) is 3.36. The minimum atomic E-state index is -4.70. The van der Waals surface area contributed by atoms with Crippen molar-refractivity contribution >= 4 is 29.3 Å². The number of anilines is 1. The van der Waals surface area contributed by atoms with Gasteiger partial charge in [-0.15, -0.1) is 10.2 Å². The number of carbonyl (C=O) groups is 2. The van der Waals surface area contributed by atoms with Gasteiger partial charge in [-0.2, -0.15) is 13.2 Å².